The van der Waals surface area contributed by atoms with E-state index >= 15 is 0 Å². The van der Waals surface area contributed by atoms with E-state index in [-0.39, 0.29) is 11.9 Å². The molecule has 2 aromatic rings. The third-order valence-electron chi connectivity index (χ3n) is 3.23. The second-order valence-electron chi connectivity index (χ2n) is 5.01. The van der Waals surface area contributed by atoms with Crippen LogP contribution in [-0.4, -0.2) is 7.05 Å². The van der Waals surface area contributed by atoms with E-state index in [1.807, 2.05) is 32.2 Å². The van der Waals surface area contributed by atoms with Gasteiger partial charge in [0.25, 0.3) is 0 Å². The Morgan fingerprint density at radius 1 is 1.40 bits per heavy atom. The fraction of sp³-hybridized carbons (Fsp3) is 0.333. The summed E-state index contributed by atoms with van der Waals surface area (Å²) in [5.41, 5.74) is 8.36. The van der Waals surface area contributed by atoms with Gasteiger partial charge in [-0.05, 0) is 49.2 Å². The van der Waals surface area contributed by atoms with Crippen molar-refractivity contribution < 1.29 is 4.39 Å². The number of rotatable bonds is 4. The minimum atomic E-state index is -0.214. The van der Waals surface area contributed by atoms with E-state index in [1.54, 1.807) is 18.3 Å². The molecule has 0 aliphatic rings. The van der Waals surface area contributed by atoms with Gasteiger partial charge < -0.3 is 10.6 Å². The lowest BCUT2D eigenvalue weighted by Crippen LogP contribution is -2.20. The van der Waals surface area contributed by atoms with Gasteiger partial charge in [0, 0.05) is 23.7 Å². The molecule has 5 heteroatoms. The highest BCUT2D eigenvalue weighted by Gasteiger charge is 2.15. The van der Waals surface area contributed by atoms with E-state index in [2.05, 4.69) is 4.90 Å². The van der Waals surface area contributed by atoms with Crippen molar-refractivity contribution in [2.45, 2.75) is 26.4 Å². The Hall–Kier alpha value is -1.10. The molecule has 1 aromatic heterocycles. The lowest BCUT2D eigenvalue weighted by Gasteiger charge is -2.24. The first-order chi connectivity index (χ1) is 9.38. The van der Waals surface area contributed by atoms with Crippen molar-refractivity contribution in [3.8, 4) is 0 Å². The van der Waals surface area contributed by atoms with Gasteiger partial charge in [0.15, 0.2) is 0 Å². The molecule has 0 spiro atoms. The maximum absolute atomic E-state index is 13.7. The van der Waals surface area contributed by atoms with Gasteiger partial charge >= 0.3 is 0 Å². The molecule has 0 fully saturated rings. The van der Waals surface area contributed by atoms with Crippen LogP contribution in [0.5, 0.6) is 0 Å². The van der Waals surface area contributed by atoms with Crippen molar-refractivity contribution in [3.63, 3.8) is 0 Å². The Bertz CT molecular complexity index is 610. The van der Waals surface area contributed by atoms with Crippen molar-refractivity contribution >= 4 is 28.6 Å². The van der Waals surface area contributed by atoms with Gasteiger partial charge in [-0.1, -0.05) is 11.6 Å². The Morgan fingerprint density at radius 2 is 2.10 bits per heavy atom. The summed E-state index contributed by atoms with van der Waals surface area (Å²) in [6.07, 6.45) is 0. The van der Waals surface area contributed by atoms with E-state index < -0.39 is 0 Å². The average molecular weight is 313 g/mol. The molecule has 1 heterocycles. The molecule has 0 aliphatic carbocycles. The third-order valence-corrected chi connectivity index (χ3v) is 4.45. The van der Waals surface area contributed by atoms with Crippen LogP contribution in [0.25, 0.3) is 0 Å². The highest BCUT2D eigenvalue weighted by atomic mass is 35.5. The molecule has 0 radical (unpaired) electrons. The summed E-state index contributed by atoms with van der Waals surface area (Å²) >= 11 is 7.50. The molecule has 0 unspecified atom stereocenters. The minimum absolute atomic E-state index is 0.213. The Labute approximate surface area is 128 Å². The molecule has 0 saturated carbocycles. The van der Waals surface area contributed by atoms with Crippen molar-refractivity contribution in [2.75, 3.05) is 11.9 Å². The number of nitrogens with zero attached hydrogens (tertiary/aromatic N) is 1. The number of hydrogen-bond donors (Lipinski definition) is 1. The van der Waals surface area contributed by atoms with Crippen LogP contribution in [0, 0.1) is 12.7 Å². The van der Waals surface area contributed by atoms with Crippen LogP contribution < -0.4 is 10.6 Å². The third kappa shape index (κ3) is 3.32. The zero-order valence-electron chi connectivity index (χ0n) is 11.8. The van der Waals surface area contributed by atoms with Crippen molar-refractivity contribution in [1.82, 2.24) is 0 Å². The van der Waals surface area contributed by atoms with Crippen LogP contribution in [0.15, 0.2) is 24.3 Å². The number of thiophene rings is 1. The zero-order chi connectivity index (χ0) is 14.9. The molecule has 2 nitrogen and oxygen atoms in total. The fourth-order valence-corrected chi connectivity index (χ4v) is 3.27. The standard InChI is InChI=1S/C15H18ClFN2S/c1-9-6-14(12(10(2)18)7-13(9)17)19(3)8-11-4-5-15(16)20-11/h4-7,10H,8,18H2,1-3H3/t10-/m1/s1. The van der Waals surface area contributed by atoms with Crippen LogP contribution >= 0.6 is 22.9 Å². The maximum atomic E-state index is 13.7. The Kier molecular flexibility index (Phi) is 4.68. The smallest absolute Gasteiger partial charge is 0.126 e. The van der Waals surface area contributed by atoms with E-state index in [1.165, 1.54) is 6.07 Å². The first-order valence-corrected chi connectivity index (χ1v) is 7.59. The molecule has 2 N–H and O–H groups in total. The van der Waals surface area contributed by atoms with Crippen molar-refractivity contribution in [3.05, 3.63) is 50.4 Å². The van der Waals surface area contributed by atoms with Crippen LogP contribution in [0.4, 0.5) is 10.1 Å². The number of halogens is 2. The topological polar surface area (TPSA) is 29.3 Å². The number of nitrogens with two attached hydrogens (primary N) is 1. The van der Waals surface area contributed by atoms with Crippen LogP contribution in [-0.2, 0) is 6.54 Å². The highest BCUT2D eigenvalue weighted by Crippen LogP contribution is 2.30. The zero-order valence-corrected chi connectivity index (χ0v) is 13.4. The number of hydrogen-bond acceptors (Lipinski definition) is 3. The lowest BCUT2D eigenvalue weighted by molar-refractivity contribution is 0.612. The Balaban J connectivity index is 2.33. The van der Waals surface area contributed by atoms with E-state index in [0.717, 1.165) is 27.0 Å². The molecule has 20 heavy (non-hydrogen) atoms. The monoisotopic (exact) mass is 312 g/mol. The number of aryl methyl sites for hydroxylation is 1. The van der Waals surface area contributed by atoms with E-state index in [4.69, 9.17) is 17.3 Å². The van der Waals surface area contributed by atoms with Gasteiger partial charge in [0.1, 0.15) is 5.82 Å². The molecule has 0 amide bonds. The first-order valence-electron chi connectivity index (χ1n) is 6.39. The normalized spacial score (nSPS) is 12.5. The number of benzene rings is 1. The first kappa shape index (κ1) is 15.3. The summed E-state index contributed by atoms with van der Waals surface area (Å²) in [7, 11) is 1.98. The Morgan fingerprint density at radius 3 is 2.65 bits per heavy atom. The van der Waals surface area contributed by atoms with Crippen LogP contribution in [0.1, 0.15) is 29.0 Å². The summed E-state index contributed by atoms with van der Waals surface area (Å²) in [5.74, 6) is -0.214. The second kappa shape index (κ2) is 6.12. The fourth-order valence-electron chi connectivity index (χ4n) is 2.13. The molecule has 1 aromatic carbocycles. The van der Waals surface area contributed by atoms with Crippen LogP contribution in [0.3, 0.4) is 0 Å². The van der Waals surface area contributed by atoms with Gasteiger partial charge in [-0.25, -0.2) is 4.39 Å². The summed E-state index contributed by atoms with van der Waals surface area (Å²) in [6.45, 7) is 4.35. The molecular weight excluding hydrogens is 295 g/mol. The van der Waals surface area contributed by atoms with Gasteiger partial charge in [0.2, 0.25) is 0 Å². The minimum Gasteiger partial charge on any atom is -0.369 e. The second-order valence-corrected chi connectivity index (χ2v) is 6.81. The molecule has 0 saturated heterocycles. The van der Waals surface area contributed by atoms with Crippen molar-refractivity contribution in [2.24, 2.45) is 5.73 Å². The van der Waals surface area contributed by atoms with Gasteiger partial charge in [-0.2, -0.15) is 0 Å². The SMILES string of the molecule is Cc1cc(N(C)Cc2ccc(Cl)s2)c([C@@H](C)N)cc1F. The van der Waals surface area contributed by atoms with Gasteiger partial charge in [-0.15, -0.1) is 11.3 Å². The predicted octanol–water partition coefficient (Wildman–Crippen LogP) is 4.51. The molecule has 0 aliphatic heterocycles. The summed E-state index contributed by atoms with van der Waals surface area (Å²) in [5, 5.41) is 0. The maximum Gasteiger partial charge on any atom is 0.126 e. The molecule has 108 valence electrons. The molecular formula is C15H18ClFN2S. The largest absolute Gasteiger partial charge is 0.369 e. The van der Waals surface area contributed by atoms with E-state index in [9.17, 15) is 4.39 Å². The van der Waals surface area contributed by atoms with Gasteiger partial charge in [0.05, 0.1) is 10.9 Å². The molecule has 1 atom stereocenters. The summed E-state index contributed by atoms with van der Waals surface area (Å²) in [6, 6.07) is 7.06. The predicted molar refractivity (Wildman–Crippen MR) is 85.2 cm³/mol. The average Bonchev–Trinajstić information content (AvgIpc) is 2.77. The molecule has 2 rings (SSSR count). The van der Waals surface area contributed by atoms with E-state index in [0.29, 0.717) is 5.56 Å². The summed E-state index contributed by atoms with van der Waals surface area (Å²) in [4.78, 5) is 3.24. The highest BCUT2D eigenvalue weighted by molar-refractivity contribution is 7.16. The number of anilines is 1. The van der Waals surface area contributed by atoms with Crippen LogP contribution in [0.2, 0.25) is 4.34 Å². The summed E-state index contributed by atoms with van der Waals surface area (Å²) < 4.78 is 14.5. The van der Waals surface area contributed by atoms with Gasteiger partial charge in [-0.3, -0.25) is 0 Å². The lowest BCUT2D eigenvalue weighted by atomic mass is 10.0. The quantitative estimate of drug-likeness (QED) is 0.900. The molecule has 0 bridgehead atoms. The van der Waals surface area contributed by atoms with Crippen molar-refractivity contribution in [1.29, 1.82) is 0 Å².